The highest BCUT2D eigenvalue weighted by molar-refractivity contribution is 6.32. The minimum atomic E-state index is -0.580. The zero-order chi connectivity index (χ0) is 19.8. The smallest absolute Gasteiger partial charge is 0.288 e. The van der Waals surface area contributed by atoms with Gasteiger partial charge in [-0.25, -0.2) is 5.43 Å². The van der Waals surface area contributed by atoms with E-state index < -0.39 is 10.8 Å². The van der Waals surface area contributed by atoms with Gasteiger partial charge in [0.25, 0.3) is 11.6 Å². The molecule has 7 nitrogen and oxygen atoms in total. The molecule has 2 rings (SSSR count). The minimum absolute atomic E-state index is 0.0388. The average Bonchev–Trinajstić information content (AvgIpc) is 2.63. The van der Waals surface area contributed by atoms with E-state index in [0.717, 1.165) is 6.42 Å². The summed E-state index contributed by atoms with van der Waals surface area (Å²) in [6, 6.07) is 11.0. The fourth-order valence-electron chi connectivity index (χ4n) is 2.09. The van der Waals surface area contributed by atoms with Crippen LogP contribution in [0.4, 0.5) is 5.69 Å². The van der Waals surface area contributed by atoms with Crippen LogP contribution in [0.5, 0.6) is 5.75 Å². The van der Waals surface area contributed by atoms with Crippen LogP contribution in [-0.2, 0) is 0 Å². The van der Waals surface area contributed by atoms with E-state index in [1.165, 1.54) is 18.3 Å². The van der Waals surface area contributed by atoms with Gasteiger partial charge in [-0.15, -0.1) is 0 Å². The summed E-state index contributed by atoms with van der Waals surface area (Å²) in [7, 11) is 0. The second kappa shape index (κ2) is 9.68. The van der Waals surface area contributed by atoms with Crippen molar-refractivity contribution in [2.45, 2.75) is 20.3 Å². The highest BCUT2D eigenvalue weighted by Gasteiger charge is 2.12. The summed E-state index contributed by atoms with van der Waals surface area (Å²) in [6.07, 6.45) is 2.27. The second-order valence-corrected chi connectivity index (χ2v) is 6.63. The predicted molar refractivity (Wildman–Crippen MR) is 105 cm³/mol. The van der Waals surface area contributed by atoms with Gasteiger partial charge in [-0.05, 0) is 42.7 Å². The molecule has 0 fully saturated rings. The topological polar surface area (TPSA) is 93.8 Å². The molecule has 142 valence electrons. The van der Waals surface area contributed by atoms with E-state index in [2.05, 4.69) is 24.4 Å². The maximum Gasteiger partial charge on any atom is 0.288 e. The molecule has 0 radical (unpaired) electrons. The summed E-state index contributed by atoms with van der Waals surface area (Å²) in [4.78, 5) is 22.4. The Kier molecular flexibility index (Phi) is 7.31. The molecule has 0 aromatic heterocycles. The number of hydrazone groups is 1. The number of carbonyl (C=O) groups excluding carboxylic acids is 1. The van der Waals surface area contributed by atoms with Crippen LogP contribution in [0.3, 0.4) is 0 Å². The number of halogens is 1. The molecule has 0 spiro atoms. The summed E-state index contributed by atoms with van der Waals surface area (Å²) >= 11 is 5.75. The van der Waals surface area contributed by atoms with Gasteiger partial charge < -0.3 is 4.74 Å². The lowest BCUT2D eigenvalue weighted by Crippen LogP contribution is -2.17. The van der Waals surface area contributed by atoms with Crippen molar-refractivity contribution in [3.05, 3.63) is 68.7 Å². The Morgan fingerprint density at radius 2 is 2.00 bits per heavy atom. The first-order chi connectivity index (χ1) is 12.9. The SMILES string of the molecule is CC(C)CCOc1ccc(C(=O)N/N=C/c2ccc(Cl)c([N+](=O)[O-])c2)cc1. The molecule has 2 aromatic carbocycles. The lowest BCUT2D eigenvalue weighted by atomic mass is 10.1. The van der Waals surface area contributed by atoms with E-state index in [1.807, 2.05) is 0 Å². The van der Waals surface area contributed by atoms with Gasteiger partial charge in [0, 0.05) is 17.2 Å². The second-order valence-electron chi connectivity index (χ2n) is 6.22. The fraction of sp³-hybridized carbons (Fsp3) is 0.263. The van der Waals surface area contributed by atoms with Crippen LogP contribution < -0.4 is 10.2 Å². The van der Waals surface area contributed by atoms with Crippen molar-refractivity contribution in [2.24, 2.45) is 11.0 Å². The van der Waals surface area contributed by atoms with Gasteiger partial charge in [0.05, 0.1) is 17.7 Å². The van der Waals surface area contributed by atoms with Crippen molar-refractivity contribution in [1.82, 2.24) is 5.43 Å². The van der Waals surface area contributed by atoms with Crippen LogP contribution >= 0.6 is 11.6 Å². The first-order valence-electron chi connectivity index (χ1n) is 8.37. The molecular weight excluding hydrogens is 370 g/mol. The Hall–Kier alpha value is -2.93. The molecule has 8 heteroatoms. The van der Waals surface area contributed by atoms with Gasteiger partial charge in [-0.2, -0.15) is 5.10 Å². The number of nitro benzene ring substituents is 1. The molecule has 0 bridgehead atoms. The Morgan fingerprint density at radius 1 is 1.30 bits per heavy atom. The van der Waals surface area contributed by atoms with Crippen molar-refractivity contribution in [2.75, 3.05) is 6.61 Å². The highest BCUT2D eigenvalue weighted by atomic mass is 35.5. The van der Waals surface area contributed by atoms with Crippen molar-refractivity contribution in [1.29, 1.82) is 0 Å². The molecule has 0 heterocycles. The first kappa shape index (κ1) is 20.4. The lowest BCUT2D eigenvalue weighted by molar-refractivity contribution is -0.384. The molecule has 27 heavy (non-hydrogen) atoms. The molecule has 0 saturated carbocycles. The zero-order valence-corrected chi connectivity index (χ0v) is 15.8. The van der Waals surface area contributed by atoms with Gasteiger partial charge >= 0.3 is 0 Å². The number of amides is 1. The van der Waals surface area contributed by atoms with Crippen molar-refractivity contribution >= 4 is 29.4 Å². The monoisotopic (exact) mass is 389 g/mol. The first-order valence-corrected chi connectivity index (χ1v) is 8.75. The summed E-state index contributed by atoms with van der Waals surface area (Å²) in [5.74, 6) is 0.864. The summed E-state index contributed by atoms with van der Waals surface area (Å²) in [6.45, 7) is 4.87. The zero-order valence-electron chi connectivity index (χ0n) is 15.0. The fourth-order valence-corrected chi connectivity index (χ4v) is 2.28. The van der Waals surface area contributed by atoms with E-state index >= 15 is 0 Å². The molecule has 0 unspecified atom stereocenters. The van der Waals surface area contributed by atoms with Crippen molar-refractivity contribution in [3.8, 4) is 5.75 Å². The van der Waals surface area contributed by atoms with Crippen LogP contribution in [0.25, 0.3) is 0 Å². The molecule has 1 amide bonds. The predicted octanol–water partition coefficient (Wildman–Crippen LogP) is 4.44. The molecular formula is C19H20ClN3O4. The Morgan fingerprint density at radius 3 is 2.63 bits per heavy atom. The summed E-state index contributed by atoms with van der Waals surface area (Å²) in [5, 5.41) is 14.7. The van der Waals surface area contributed by atoms with E-state index in [4.69, 9.17) is 16.3 Å². The number of carbonyl (C=O) groups is 1. The van der Waals surface area contributed by atoms with Crippen LogP contribution in [0.2, 0.25) is 5.02 Å². The number of benzene rings is 2. The summed E-state index contributed by atoms with van der Waals surface area (Å²) < 4.78 is 5.60. The number of hydrogen-bond donors (Lipinski definition) is 1. The van der Waals surface area contributed by atoms with Gasteiger partial charge in [0.15, 0.2) is 0 Å². The quantitative estimate of drug-likeness (QED) is 0.410. The van der Waals surface area contributed by atoms with Crippen molar-refractivity contribution < 1.29 is 14.5 Å². The molecule has 1 N–H and O–H groups in total. The maximum atomic E-state index is 12.1. The third-order valence-corrected chi connectivity index (χ3v) is 3.95. The van der Waals surface area contributed by atoms with E-state index in [1.54, 1.807) is 30.3 Å². The third kappa shape index (κ3) is 6.38. The Bertz CT molecular complexity index is 835. The molecule has 0 aliphatic heterocycles. The van der Waals surface area contributed by atoms with Gasteiger partial charge in [0.2, 0.25) is 0 Å². The van der Waals surface area contributed by atoms with Crippen LogP contribution in [-0.4, -0.2) is 23.7 Å². The number of nitrogens with one attached hydrogen (secondary N) is 1. The number of nitro groups is 1. The molecule has 2 aromatic rings. The minimum Gasteiger partial charge on any atom is -0.494 e. The third-order valence-electron chi connectivity index (χ3n) is 3.63. The van der Waals surface area contributed by atoms with Gasteiger partial charge in [-0.3, -0.25) is 14.9 Å². The molecule has 0 aliphatic carbocycles. The number of hydrogen-bond acceptors (Lipinski definition) is 5. The van der Waals surface area contributed by atoms with Gasteiger partial charge in [0.1, 0.15) is 10.8 Å². The Balaban J connectivity index is 1.92. The van der Waals surface area contributed by atoms with Crippen molar-refractivity contribution in [3.63, 3.8) is 0 Å². The van der Waals surface area contributed by atoms with E-state index in [0.29, 0.717) is 29.4 Å². The van der Waals surface area contributed by atoms with Crippen LogP contribution in [0.15, 0.2) is 47.6 Å². The Labute approximate surface area is 162 Å². The van der Waals surface area contributed by atoms with E-state index in [-0.39, 0.29) is 10.7 Å². The molecule has 0 saturated heterocycles. The maximum absolute atomic E-state index is 12.1. The normalized spacial score (nSPS) is 11.0. The van der Waals surface area contributed by atoms with E-state index in [9.17, 15) is 14.9 Å². The number of nitrogens with zero attached hydrogens (tertiary/aromatic N) is 2. The number of rotatable bonds is 8. The number of ether oxygens (including phenoxy) is 1. The molecule has 0 aliphatic rings. The van der Waals surface area contributed by atoms with Gasteiger partial charge in [-0.1, -0.05) is 31.5 Å². The largest absolute Gasteiger partial charge is 0.494 e. The molecule has 0 atom stereocenters. The average molecular weight is 390 g/mol. The lowest BCUT2D eigenvalue weighted by Gasteiger charge is -2.08. The van der Waals surface area contributed by atoms with Crippen LogP contribution in [0, 0.1) is 16.0 Å². The van der Waals surface area contributed by atoms with Crippen LogP contribution in [0.1, 0.15) is 36.2 Å². The highest BCUT2D eigenvalue weighted by Crippen LogP contribution is 2.24. The standard InChI is InChI=1S/C19H20ClN3O4/c1-13(2)9-10-27-16-6-4-15(5-7-16)19(24)22-21-12-14-3-8-17(20)18(11-14)23(25)26/h3-8,11-13H,9-10H2,1-2H3,(H,22,24)/b21-12+. The summed E-state index contributed by atoms with van der Waals surface area (Å²) in [5.41, 5.74) is 3.02.